The maximum absolute atomic E-state index is 13.2. The zero-order chi connectivity index (χ0) is 13.9. The fraction of sp³-hybridized carbons (Fsp3) is 0.0625. The van der Waals surface area contributed by atoms with Gasteiger partial charge in [-0.15, -0.1) is 0 Å². The second-order valence-electron chi connectivity index (χ2n) is 4.40. The van der Waals surface area contributed by atoms with Crippen LogP contribution >= 0.6 is 11.8 Å². The quantitative estimate of drug-likeness (QED) is 0.790. The Kier molecular flexibility index (Phi) is 3.67. The van der Waals surface area contributed by atoms with Crippen molar-refractivity contribution in [3.63, 3.8) is 0 Å². The van der Waals surface area contributed by atoms with Crippen LogP contribution in [0.25, 0.3) is 10.9 Å². The fourth-order valence-electron chi connectivity index (χ4n) is 2.09. The minimum atomic E-state index is -0.241. The van der Waals surface area contributed by atoms with Crippen LogP contribution in [0, 0.1) is 5.82 Å². The molecule has 0 bridgehead atoms. The maximum atomic E-state index is 13.2. The number of hydrogen-bond acceptors (Lipinski definition) is 3. The number of aromatic nitrogens is 1. The molecular formula is C16H13FN2S. The van der Waals surface area contributed by atoms with E-state index in [9.17, 15) is 4.39 Å². The predicted molar refractivity (Wildman–Crippen MR) is 80.2 cm³/mol. The molecule has 0 atom stereocenters. The molecule has 0 aliphatic heterocycles. The van der Waals surface area contributed by atoms with Crippen molar-refractivity contribution < 1.29 is 4.39 Å². The van der Waals surface area contributed by atoms with E-state index in [1.54, 1.807) is 6.07 Å². The second-order valence-corrected chi connectivity index (χ2v) is 5.49. The maximum Gasteiger partial charge on any atom is 0.124 e. The molecule has 1 aromatic heterocycles. The van der Waals surface area contributed by atoms with E-state index >= 15 is 0 Å². The van der Waals surface area contributed by atoms with Crippen molar-refractivity contribution in [3.05, 3.63) is 66.0 Å². The van der Waals surface area contributed by atoms with Gasteiger partial charge in [0.25, 0.3) is 0 Å². The average molecular weight is 284 g/mol. The Morgan fingerprint density at radius 1 is 1.05 bits per heavy atom. The van der Waals surface area contributed by atoms with Crippen LogP contribution in [0.2, 0.25) is 0 Å². The molecule has 0 saturated carbocycles. The average Bonchev–Trinajstić information content (AvgIpc) is 2.46. The number of benzene rings is 2. The van der Waals surface area contributed by atoms with Gasteiger partial charge in [0.1, 0.15) is 10.8 Å². The molecule has 100 valence electrons. The topological polar surface area (TPSA) is 38.9 Å². The number of fused-ring (bicyclic) bond motifs is 1. The van der Waals surface area contributed by atoms with E-state index in [0.29, 0.717) is 6.54 Å². The molecule has 0 radical (unpaired) electrons. The van der Waals surface area contributed by atoms with Gasteiger partial charge in [-0.1, -0.05) is 36.0 Å². The van der Waals surface area contributed by atoms with E-state index in [2.05, 4.69) is 4.98 Å². The highest BCUT2D eigenvalue weighted by Gasteiger charge is 2.06. The van der Waals surface area contributed by atoms with E-state index < -0.39 is 0 Å². The molecule has 0 fully saturated rings. The Balaban J connectivity index is 2.03. The molecule has 0 spiro atoms. The molecule has 0 amide bonds. The van der Waals surface area contributed by atoms with Gasteiger partial charge in [0.2, 0.25) is 0 Å². The molecule has 20 heavy (non-hydrogen) atoms. The molecular weight excluding hydrogens is 271 g/mol. The van der Waals surface area contributed by atoms with E-state index in [1.165, 1.54) is 23.9 Å². The van der Waals surface area contributed by atoms with Gasteiger partial charge in [0.05, 0.1) is 5.52 Å². The minimum absolute atomic E-state index is 0.241. The fourth-order valence-corrected chi connectivity index (χ4v) is 3.00. The predicted octanol–water partition coefficient (Wildman–Crippen LogP) is 3.98. The number of halogens is 1. The summed E-state index contributed by atoms with van der Waals surface area (Å²) in [6.45, 7) is 0.458. The molecule has 2 N–H and O–H groups in total. The molecule has 0 saturated heterocycles. The van der Waals surface area contributed by atoms with Gasteiger partial charge >= 0.3 is 0 Å². The molecule has 2 nitrogen and oxygen atoms in total. The molecule has 0 unspecified atom stereocenters. The number of para-hydroxylation sites is 1. The lowest BCUT2D eigenvalue weighted by Gasteiger charge is -2.07. The van der Waals surface area contributed by atoms with Gasteiger partial charge in [-0.3, -0.25) is 0 Å². The van der Waals surface area contributed by atoms with Gasteiger partial charge in [0, 0.05) is 16.8 Å². The van der Waals surface area contributed by atoms with Gasteiger partial charge in [-0.25, -0.2) is 9.37 Å². The lowest BCUT2D eigenvalue weighted by atomic mass is 10.1. The van der Waals surface area contributed by atoms with Gasteiger partial charge in [-0.2, -0.15) is 0 Å². The first-order chi connectivity index (χ1) is 9.76. The first-order valence-electron chi connectivity index (χ1n) is 6.28. The minimum Gasteiger partial charge on any atom is -0.326 e. The molecule has 2 aromatic carbocycles. The smallest absolute Gasteiger partial charge is 0.124 e. The largest absolute Gasteiger partial charge is 0.326 e. The highest BCUT2D eigenvalue weighted by molar-refractivity contribution is 7.99. The van der Waals surface area contributed by atoms with Crippen molar-refractivity contribution in [1.82, 2.24) is 4.98 Å². The third kappa shape index (κ3) is 2.66. The van der Waals surface area contributed by atoms with Gasteiger partial charge in [0.15, 0.2) is 0 Å². The van der Waals surface area contributed by atoms with E-state index in [0.717, 1.165) is 26.4 Å². The van der Waals surface area contributed by atoms with Gasteiger partial charge < -0.3 is 5.73 Å². The summed E-state index contributed by atoms with van der Waals surface area (Å²) >= 11 is 1.44. The number of hydrogen-bond donors (Lipinski definition) is 1. The standard InChI is InChI=1S/C16H13FN2S/c17-12-4-3-5-13(9-12)20-16-8-11(10-18)14-6-1-2-7-15(14)19-16/h1-9H,10,18H2. The van der Waals surface area contributed by atoms with Crippen LogP contribution < -0.4 is 5.73 Å². The van der Waals surface area contributed by atoms with Crippen LogP contribution in [0.15, 0.2) is 64.5 Å². The Hall–Kier alpha value is -1.91. The third-order valence-corrected chi connectivity index (χ3v) is 3.92. The number of nitrogens with zero attached hydrogens (tertiary/aromatic N) is 1. The number of pyridine rings is 1. The zero-order valence-corrected chi connectivity index (χ0v) is 11.5. The van der Waals surface area contributed by atoms with Crippen molar-refractivity contribution in [1.29, 1.82) is 0 Å². The van der Waals surface area contributed by atoms with Crippen LogP contribution in [0.1, 0.15) is 5.56 Å². The Morgan fingerprint density at radius 2 is 1.90 bits per heavy atom. The van der Waals surface area contributed by atoms with Crippen molar-refractivity contribution in [2.45, 2.75) is 16.5 Å². The Morgan fingerprint density at radius 3 is 2.70 bits per heavy atom. The van der Waals surface area contributed by atoms with Gasteiger partial charge in [-0.05, 0) is 35.9 Å². The van der Waals surface area contributed by atoms with Crippen molar-refractivity contribution in [2.75, 3.05) is 0 Å². The molecule has 0 aliphatic rings. The van der Waals surface area contributed by atoms with E-state index in [-0.39, 0.29) is 5.82 Å². The summed E-state index contributed by atoms with van der Waals surface area (Å²) in [6, 6.07) is 16.4. The van der Waals surface area contributed by atoms with E-state index in [4.69, 9.17) is 5.73 Å². The Labute approximate surface area is 120 Å². The van der Waals surface area contributed by atoms with Crippen LogP contribution in [-0.2, 0) is 6.54 Å². The zero-order valence-electron chi connectivity index (χ0n) is 10.7. The van der Waals surface area contributed by atoms with Crippen LogP contribution in [0.3, 0.4) is 0 Å². The lowest BCUT2D eigenvalue weighted by molar-refractivity contribution is 0.624. The highest BCUT2D eigenvalue weighted by atomic mass is 32.2. The molecule has 1 heterocycles. The third-order valence-electron chi connectivity index (χ3n) is 3.02. The first kappa shape index (κ1) is 13.1. The summed E-state index contributed by atoms with van der Waals surface area (Å²) in [6.07, 6.45) is 0. The normalized spacial score (nSPS) is 10.9. The monoisotopic (exact) mass is 284 g/mol. The van der Waals surface area contributed by atoms with Crippen molar-refractivity contribution in [2.24, 2.45) is 5.73 Å². The summed E-state index contributed by atoms with van der Waals surface area (Å²) < 4.78 is 13.2. The summed E-state index contributed by atoms with van der Waals surface area (Å²) in [5.74, 6) is -0.241. The molecule has 3 rings (SSSR count). The molecule has 4 heteroatoms. The lowest BCUT2D eigenvalue weighted by Crippen LogP contribution is -1.99. The summed E-state index contributed by atoms with van der Waals surface area (Å²) in [5, 5.41) is 1.90. The van der Waals surface area contributed by atoms with Crippen LogP contribution in [-0.4, -0.2) is 4.98 Å². The first-order valence-corrected chi connectivity index (χ1v) is 7.10. The van der Waals surface area contributed by atoms with Crippen molar-refractivity contribution >= 4 is 22.7 Å². The second kappa shape index (κ2) is 5.61. The van der Waals surface area contributed by atoms with Crippen molar-refractivity contribution in [3.8, 4) is 0 Å². The number of rotatable bonds is 3. The summed E-state index contributed by atoms with van der Waals surface area (Å²) in [4.78, 5) is 5.42. The Bertz CT molecular complexity index is 758. The summed E-state index contributed by atoms with van der Waals surface area (Å²) in [7, 11) is 0. The highest BCUT2D eigenvalue weighted by Crippen LogP contribution is 2.29. The summed E-state index contributed by atoms with van der Waals surface area (Å²) in [5.41, 5.74) is 7.77. The van der Waals surface area contributed by atoms with E-state index in [1.807, 2.05) is 36.4 Å². The SMILES string of the molecule is NCc1cc(Sc2cccc(F)c2)nc2ccccc12. The van der Waals surface area contributed by atoms with Crippen LogP contribution in [0.5, 0.6) is 0 Å². The number of nitrogens with two attached hydrogens (primary N) is 1. The molecule has 0 aliphatic carbocycles. The molecule has 3 aromatic rings. The van der Waals surface area contributed by atoms with Crippen LogP contribution in [0.4, 0.5) is 4.39 Å².